The van der Waals surface area contributed by atoms with Crippen LogP contribution in [0.5, 0.6) is 11.5 Å². The van der Waals surface area contributed by atoms with Gasteiger partial charge in [-0.25, -0.2) is 0 Å². The van der Waals surface area contributed by atoms with Crippen molar-refractivity contribution < 1.29 is 24.2 Å². The minimum absolute atomic E-state index is 0.0775. The summed E-state index contributed by atoms with van der Waals surface area (Å²) in [6.45, 7) is 0. The van der Waals surface area contributed by atoms with Crippen LogP contribution in [0.4, 0.5) is 5.69 Å². The van der Waals surface area contributed by atoms with Crippen LogP contribution in [-0.2, 0) is 9.59 Å². The number of hydrogen-bond acceptors (Lipinski definition) is 5. The molecule has 1 fully saturated rings. The van der Waals surface area contributed by atoms with Gasteiger partial charge in [0.05, 0.1) is 35.9 Å². The number of ketones is 1. The van der Waals surface area contributed by atoms with Crippen LogP contribution in [-0.4, -0.2) is 31.0 Å². The van der Waals surface area contributed by atoms with Crippen LogP contribution in [0.2, 0.25) is 10.0 Å². The molecule has 8 heteroatoms. The van der Waals surface area contributed by atoms with E-state index in [1.165, 1.54) is 24.1 Å². The Balaban J connectivity index is 1.94. The molecule has 0 bridgehead atoms. The van der Waals surface area contributed by atoms with Crippen LogP contribution in [0.15, 0.2) is 72.3 Å². The fourth-order valence-electron chi connectivity index (χ4n) is 3.84. The molecule has 1 atom stereocenters. The molecule has 0 spiro atoms. The van der Waals surface area contributed by atoms with E-state index in [0.29, 0.717) is 17.0 Å². The van der Waals surface area contributed by atoms with Gasteiger partial charge in [-0.1, -0.05) is 53.5 Å². The molecule has 1 aliphatic heterocycles. The van der Waals surface area contributed by atoms with Gasteiger partial charge in [0.2, 0.25) is 0 Å². The summed E-state index contributed by atoms with van der Waals surface area (Å²) in [5, 5.41) is 11.5. The maximum atomic E-state index is 13.2. The van der Waals surface area contributed by atoms with E-state index >= 15 is 0 Å². The second-order valence-corrected chi connectivity index (χ2v) is 8.07. The van der Waals surface area contributed by atoms with Gasteiger partial charge >= 0.3 is 0 Å². The molecule has 3 aromatic carbocycles. The van der Waals surface area contributed by atoms with Gasteiger partial charge in [-0.2, -0.15) is 0 Å². The summed E-state index contributed by atoms with van der Waals surface area (Å²) in [7, 11) is 2.96. The molecule has 3 aromatic rings. The van der Waals surface area contributed by atoms with Crippen molar-refractivity contribution in [3.05, 3.63) is 93.5 Å². The van der Waals surface area contributed by atoms with E-state index < -0.39 is 17.7 Å². The first-order chi connectivity index (χ1) is 15.9. The number of benzene rings is 3. The van der Waals surface area contributed by atoms with Gasteiger partial charge in [0.25, 0.3) is 11.7 Å². The average Bonchev–Trinajstić information content (AvgIpc) is 3.09. The van der Waals surface area contributed by atoms with Gasteiger partial charge in [-0.15, -0.1) is 0 Å². The van der Waals surface area contributed by atoms with Gasteiger partial charge in [0.1, 0.15) is 11.5 Å². The minimum atomic E-state index is -0.877. The Morgan fingerprint density at radius 3 is 2.06 bits per heavy atom. The number of ether oxygens (including phenoxy) is 2. The number of anilines is 1. The van der Waals surface area contributed by atoms with Crippen LogP contribution in [0.25, 0.3) is 5.76 Å². The Morgan fingerprint density at radius 1 is 0.909 bits per heavy atom. The van der Waals surface area contributed by atoms with E-state index in [9.17, 15) is 14.7 Å². The predicted octanol–water partition coefficient (Wildman–Crippen LogP) is 5.64. The molecular formula is C25H19Cl2NO5. The fourth-order valence-corrected chi connectivity index (χ4v) is 4.48. The lowest BCUT2D eigenvalue weighted by molar-refractivity contribution is -0.132. The summed E-state index contributed by atoms with van der Waals surface area (Å²) >= 11 is 12.5. The van der Waals surface area contributed by atoms with E-state index in [1.54, 1.807) is 55.6 Å². The van der Waals surface area contributed by atoms with E-state index in [0.717, 1.165) is 0 Å². The van der Waals surface area contributed by atoms with E-state index in [4.69, 9.17) is 32.7 Å². The molecule has 1 heterocycles. The molecule has 1 amide bonds. The maximum absolute atomic E-state index is 13.2. The largest absolute Gasteiger partial charge is 0.507 e. The first kappa shape index (κ1) is 22.7. The topological polar surface area (TPSA) is 76.1 Å². The molecule has 1 unspecified atom stereocenters. The average molecular weight is 484 g/mol. The van der Waals surface area contributed by atoms with E-state index in [1.807, 2.05) is 6.07 Å². The van der Waals surface area contributed by atoms with Crippen molar-refractivity contribution in [2.24, 2.45) is 0 Å². The molecule has 6 nitrogen and oxygen atoms in total. The minimum Gasteiger partial charge on any atom is -0.507 e. The number of rotatable bonds is 5. The highest BCUT2D eigenvalue weighted by Crippen LogP contribution is 2.44. The van der Waals surface area contributed by atoms with Gasteiger partial charge < -0.3 is 14.6 Å². The molecule has 0 radical (unpaired) electrons. The number of nitrogens with zero attached hydrogens (tertiary/aromatic N) is 1. The van der Waals surface area contributed by atoms with Gasteiger partial charge in [-0.3, -0.25) is 14.5 Å². The Bertz CT molecular complexity index is 1230. The van der Waals surface area contributed by atoms with Crippen LogP contribution >= 0.6 is 23.2 Å². The van der Waals surface area contributed by atoms with E-state index in [2.05, 4.69) is 0 Å². The monoisotopic (exact) mass is 483 g/mol. The van der Waals surface area contributed by atoms with Crippen molar-refractivity contribution in [3.63, 3.8) is 0 Å². The Kier molecular flexibility index (Phi) is 6.31. The summed E-state index contributed by atoms with van der Waals surface area (Å²) in [6, 6.07) is 17.7. The number of amides is 1. The van der Waals surface area contributed by atoms with Crippen molar-refractivity contribution in [1.82, 2.24) is 0 Å². The zero-order chi connectivity index (χ0) is 23.7. The maximum Gasteiger partial charge on any atom is 0.300 e. The van der Waals surface area contributed by atoms with Gasteiger partial charge in [0.15, 0.2) is 5.75 Å². The predicted molar refractivity (Wildman–Crippen MR) is 127 cm³/mol. The third-order valence-corrected chi connectivity index (χ3v) is 5.95. The molecule has 4 rings (SSSR count). The standard InChI is InChI=1S/C25H19Cl2NO5/c1-32-17-10-8-14(9-11-17)21-20(22(29)15-12-18(26)24(33-2)19(27)13-15)23(30)25(31)28(21)16-6-4-3-5-7-16/h3-13,21,29H,1-2H3/b22-20+. The van der Waals surface area contributed by atoms with Gasteiger partial charge in [-0.05, 0) is 42.0 Å². The van der Waals surface area contributed by atoms with Crippen molar-refractivity contribution in [3.8, 4) is 11.5 Å². The number of carbonyl (C=O) groups is 2. The van der Waals surface area contributed by atoms with Crippen LogP contribution < -0.4 is 14.4 Å². The highest BCUT2D eigenvalue weighted by Gasteiger charge is 2.47. The number of Topliss-reactive ketones (excluding diaryl/α,β-unsaturated/α-hetero) is 1. The van der Waals surface area contributed by atoms with Crippen LogP contribution in [0.1, 0.15) is 17.2 Å². The number of methoxy groups -OCH3 is 2. The normalized spacial score (nSPS) is 17.3. The second kappa shape index (κ2) is 9.17. The Hall–Kier alpha value is -3.48. The molecule has 33 heavy (non-hydrogen) atoms. The number of halogens is 2. The van der Waals surface area contributed by atoms with Crippen molar-refractivity contribution in [2.75, 3.05) is 19.1 Å². The molecule has 1 aliphatic rings. The summed E-state index contributed by atoms with van der Waals surface area (Å²) in [6.07, 6.45) is 0. The third-order valence-electron chi connectivity index (χ3n) is 5.39. The van der Waals surface area contributed by atoms with Crippen LogP contribution in [0, 0.1) is 0 Å². The quantitative estimate of drug-likeness (QED) is 0.288. The molecule has 1 saturated heterocycles. The molecule has 1 N–H and O–H groups in total. The van der Waals surface area contributed by atoms with Crippen LogP contribution in [0.3, 0.4) is 0 Å². The molecule has 0 aliphatic carbocycles. The lowest BCUT2D eigenvalue weighted by atomic mass is 9.95. The lowest BCUT2D eigenvalue weighted by Gasteiger charge is -2.25. The SMILES string of the molecule is COc1ccc(C2/C(=C(\O)c3cc(Cl)c(OC)c(Cl)c3)C(=O)C(=O)N2c2ccccc2)cc1. The first-order valence-corrected chi connectivity index (χ1v) is 10.7. The van der Waals surface area contributed by atoms with Crippen molar-refractivity contribution >= 4 is 46.3 Å². The smallest absolute Gasteiger partial charge is 0.300 e. The van der Waals surface area contributed by atoms with E-state index in [-0.39, 0.29) is 32.7 Å². The summed E-state index contributed by atoms with van der Waals surface area (Å²) in [4.78, 5) is 27.7. The number of para-hydroxylation sites is 1. The summed E-state index contributed by atoms with van der Waals surface area (Å²) < 4.78 is 10.4. The highest BCUT2D eigenvalue weighted by molar-refractivity contribution is 6.51. The molecule has 168 valence electrons. The number of hydrogen-bond donors (Lipinski definition) is 1. The summed E-state index contributed by atoms with van der Waals surface area (Å²) in [5.74, 6) is -1.11. The Morgan fingerprint density at radius 2 is 1.52 bits per heavy atom. The van der Waals surface area contributed by atoms with Crippen molar-refractivity contribution in [2.45, 2.75) is 6.04 Å². The molecular weight excluding hydrogens is 465 g/mol. The molecule has 0 saturated carbocycles. The number of carbonyl (C=O) groups excluding carboxylic acids is 2. The zero-order valence-corrected chi connectivity index (χ0v) is 19.2. The first-order valence-electron chi connectivity index (χ1n) is 9.90. The second-order valence-electron chi connectivity index (χ2n) is 7.25. The zero-order valence-electron chi connectivity index (χ0n) is 17.7. The Labute approximate surface area is 200 Å². The summed E-state index contributed by atoms with van der Waals surface area (Å²) in [5.41, 5.74) is 1.25. The fraction of sp³-hybridized carbons (Fsp3) is 0.120. The number of aliphatic hydroxyl groups is 1. The van der Waals surface area contributed by atoms with Crippen molar-refractivity contribution in [1.29, 1.82) is 0 Å². The highest BCUT2D eigenvalue weighted by atomic mass is 35.5. The van der Waals surface area contributed by atoms with Gasteiger partial charge in [0, 0.05) is 11.3 Å². The molecule has 0 aromatic heterocycles. The number of aliphatic hydroxyl groups excluding tert-OH is 1. The lowest BCUT2D eigenvalue weighted by Crippen LogP contribution is -2.29. The third kappa shape index (κ3) is 4.03.